The van der Waals surface area contributed by atoms with E-state index >= 15 is 0 Å². The summed E-state index contributed by atoms with van der Waals surface area (Å²) in [5, 5.41) is 8.28. The third-order valence-electron chi connectivity index (χ3n) is 6.18. The van der Waals surface area contributed by atoms with E-state index in [2.05, 4.69) is 15.2 Å². The SMILES string of the molecule is COc1ccnc(-c2nnc3n2C[C@@H]2COC[C@H]3N2C(=O)c2cccc(C(F)(F)F)c2C)c1F. The predicted octanol–water partition coefficient (Wildman–Crippen LogP) is 3.41. The second kappa shape index (κ2) is 8.05. The topological polar surface area (TPSA) is 82.4 Å². The molecule has 5 rings (SSSR count). The van der Waals surface area contributed by atoms with Crippen molar-refractivity contribution in [2.75, 3.05) is 20.3 Å². The number of pyridine rings is 1. The highest BCUT2D eigenvalue weighted by atomic mass is 19.4. The summed E-state index contributed by atoms with van der Waals surface area (Å²) < 4.78 is 67.4. The molecular weight excluding hydrogens is 458 g/mol. The van der Waals surface area contributed by atoms with Crippen LogP contribution in [0.5, 0.6) is 5.75 Å². The van der Waals surface area contributed by atoms with Crippen LogP contribution in [0.1, 0.15) is 33.4 Å². The zero-order chi connectivity index (χ0) is 24.2. The average molecular weight is 477 g/mol. The van der Waals surface area contributed by atoms with Crippen LogP contribution in [-0.4, -0.2) is 56.9 Å². The zero-order valence-electron chi connectivity index (χ0n) is 18.1. The first-order valence-electron chi connectivity index (χ1n) is 10.4. The van der Waals surface area contributed by atoms with Crippen molar-refractivity contribution < 1.29 is 31.8 Å². The van der Waals surface area contributed by atoms with Crippen LogP contribution in [0.25, 0.3) is 11.5 Å². The highest BCUT2D eigenvalue weighted by molar-refractivity contribution is 5.96. The van der Waals surface area contributed by atoms with E-state index in [9.17, 15) is 22.4 Å². The first-order chi connectivity index (χ1) is 16.2. The molecule has 12 heteroatoms. The Morgan fingerprint density at radius 3 is 2.74 bits per heavy atom. The molecule has 2 bridgehead atoms. The standard InChI is InChI=1S/C22H19F4N5O3/c1-11-13(4-3-5-14(11)22(24,25)26)21(32)31-12-8-30-19(15(31)10-34-9-12)28-29-20(30)18-17(23)16(33-2)6-7-27-18/h3-7,12,15H,8-10H2,1-2H3/t12-,15-/m1/s1. The maximum Gasteiger partial charge on any atom is 0.416 e. The quantitative estimate of drug-likeness (QED) is 0.538. The highest BCUT2D eigenvalue weighted by Crippen LogP contribution is 2.38. The monoisotopic (exact) mass is 477 g/mol. The molecule has 0 saturated carbocycles. The number of fused-ring (bicyclic) bond motifs is 4. The number of hydrogen-bond donors (Lipinski definition) is 0. The van der Waals surface area contributed by atoms with Crippen molar-refractivity contribution in [3.8, 4) is 17.3 Å². The van der Waals surface area contributed by atoms with Crippen LogP contribution in [0.3, 0.4) is 0 Å². The van der Waals surface area contributed by atoms with Crippen molar-refractivity contribution in [3.63, 3.8) is 0 Å². The smallest absolute Gasteiger partial charge is 0.416 e. The molecule has 2 aliphatic heterocycles. The fourth-order valence-electron chi connectivity index (χ4n) is 4.56. The number of nitrogens with zero attached hydrogens (tertiary/aromatic N) is 5. The van der Waals surface area contributed by atoms with Crippen molar-refractivity contribution in [3.05, 3.63) is 58.8 Å². The summed E-state index contributed by atoms with van der Waals surface area (Å²) in [5.74, 6) is -0.736. The average Bonchev–Trinajstić information content (AvgIpc) is 3.21. The lowest BCUT2D eigenvalue weighted by molar-refractivity contribution is -0.138. The lowest BCUT2D eigenvalue weighted by atomic mass is 9.97. The molecule has 3 aromatic rings. The summed E-state index contributed by atoms with van der Waals surface area (Å²) in [4.78, 5) is 19.1. The lowest BCUT2D eigenvalue weighted by Crippen LogP contribution is -2.56. The Morgan fingerprint density at radius 2 is 2.00 bits per heavy atom. The number of aromatic nitrogens is 4. The Hall–Kier alpha value is -3.54. The maximum atomic E-state index is 14.9. The van der Waals surface area contributed by atoms with Crippen LogP contribution in [0.4, 0.5) is 17.6 Å². The minimum atomic E-state index is -4.58. The van der Waals surface area contributed by atoms with E-state index in [4.69, 9.17) is 9.47 Å². The molecule has 4 heterocycles. The predicted molar refractivity (Wildman–Crippen MR) is 109 cm³/mol. The van der Waals surface area contributed by atoms with Crippen LogP contribution >= 0.6 is 0 Å². The molecule has 0 N–H and O–H groups in total. The molecule has 1 amide bonds. The number of hydrogen-bond acceptors (Lipinski definition) is 6. The molecule has 0 aliphatic carbocycles. The number of halogens is 4. The first kappa shape index (κ1) is 22.3. The van der Waals surface area contributed by atoms with E-state index in [-0.39, 0.29) is 48.2 Å². The van der Waals surface area contributed by atoms with Crippen LogP contribution in [0.2, 0.25) is 0 Å². The number of carbonyl (C=O) groups is 1. The zero-order valence-corrected chi connectivity index (χ0v) is 18.1. The number of alkyl halides is 3. The van der Waals surface area contributed by atoms with Gasteiger partial charge in [0.1, 0.15) is 11.7 Å². The van der Waals surface area contributed by atoms with Crippen molar-refractivity contribution >= 4 is 5.91 Å². The Kier molecular flexibility index (Phi) is 5.27. The van der Waals surface area contributed by atoms with Gasteiger partial charge in [-0.3, -0.25) is 4.79 Å². The van der Waals surface area contributed by atoms with E-state index in [0.717, 1.165) is 6.07 Å². The van der Waals surface area contributed by atoms with Gasteiger partial charge in [0.2, 0.25) is 0 Å². The number of rotatable bonds is 3. The highest BCUT2D eigenvalue weighted by Gasteiger charge is 2.45. The largest absolute Gasteiger partial charge is 0.494 e. The van der Waals surface area contributed by atoms with Crippen LogP contribution in [0.15, 0.2) is 30.5 Å². The third kappa shape index (κ3) is 3.40. The molecule has 34 heavy (non-hydrogen) atoms. The van der Waals surface area contributed by atoms with E-state index < -0.39 is 35.5 Å². The van der Waals surface area contributed by atoms with Crippen molar-refractivity contribution in [2.24, 2.45) is 0 Å². The third-order valence-corrected chi connectivity index (χ3v) is 6.18. The number of methoxy groups -OCH3 is 1. The van der Waals surface area contributed by atoms with E-state index in [1.165, 1.54) is 43.3 Å². The van der Waals surface area contributed by atoms with E-state index in [0.29, 0.717) is 5.82 Å². The van der Waals surface area contributed by atoms with Crippen LogP contribution in [0, 0.1) is 12.7 Å². The Labute approximate surface area is 191 Å². The summed E-state index contributed by atoms with van der Waals surface area (Å²) >= 11 is 0. The molecular formula is C22H19F4N5O3. The minimum Gasteiger partial charge on any atom is -0.494 e. The Balaban J connectivity index is 1.55. The molecule has 1 aromatic carbocycles. The van der Waals surface area contributed by atoms with Gasteiger partial charge in [-0.25, -0.2) is 9.37 Å². The lowest BCUT2D eigenvalue weighted by Gasteiger charge is -2.45. The molecule has 2 aliphatic rings. The number of benzene rings is 1. The second-order valence-corrected chi connectivity index (χ2v) is 8.06. The van der Waals surface area contributed by atoms with Gasteiger partial charge in [0.25, 0.3) is 5.91 Å². The second-order valence-electron chi connectivity index (χ2n) is 8.06. The van der Waals surface area contributed by atoms with Crippen LogP contribution < -0.4 is 4.74 Å². The van der Waals surface area contributed by atoms with E-state index in [1.807, 2.05) is 0 Å². The Morgan fingerprint density at radius 1 is 1.21 bits per heavy atom. The molecule has 1 saturated heterocycles. The number of ether oxygens (including phenoxy) is 2. The molecule has 0 unspecified atom stereocenters. The molecule has 0 spiro atoms. The Bertz CT molecular complexity index is 1280. The van der Waals surface area contributed by atoms with Crippen LogP contribution in [-0.2, 0) is 17.5 Å². The van der Waals surface area contributed by atoms with Gasteiger partial charge in [-0.15, -0.1) is 10.2 Å². The van der Waals surface area contributed by atoms with Crippen molar-refractivity contribution in [1.29, 1.82) is 0 Å². The molecule has 2 aromatic heterocycles. The minimum absolute atomic E-state index is 0.00138. The van der Waals surface area contributed by atoms with Gasteiger partial charge in [0.15, 0.2) is 23.2 Å². The first-order valence-corrected chi connectivity index (χ1v) is 10.4. The number of amides is 1. The fraction of sp³-hybridized carbons (Fsp3) is 0.364. The van der Waals surface area contributed by atoms with Gasteiger partial charge in [-0.2, -0.15) is 13.2 Å². The van der Waals surface area contributed by atoms with Crippen molar-refractivity contribution in [1.82, 2.24) is 24.6 Å². The summed E-state index contributed by atoms with van der Waals surface area (Å²) in [7, 11) is 1.34. The van der Waals surface area contributed by atoms with Crippen molar-refractivity contribution in [2.45, 2.75) is 31.7 Å². The summed E-state index contributed by atoms with van der Waals surface area (Å²) in [6.45, 7) is 1.68. The molecule has 178 valence electrons. The van der Waals surface area contributed by atoms with Gasteiger partial charge in [-0.1, -0.05) is 6.07 Å². The van der Waals surface area contributed by atoms with Gasteiger partial charge < -0.3 is 18.9 Å². The summed E-state index contributed by atoms with van der Waals surface area (Å²) in [6.07, 6.45) is -3.19. The van der Waals surface area contributed by atoms with Gasteiger partial charge in [-0.05, 0) is 24.6 Å². The normalized spacial score (nSPS) is 19.6. The summed E-state index contributed by atoms with van der Waals surface area (Å²) in [5.41, 5.74) is -1.10. The summed E-state index contributed by atoms with van der Waals surface area (Å²) in [6, 6.07) is 3.71. The van der Waals surface area contributed by atoms with Gasteiger partial charge in [0, 0.05) is 24.4 Å². The van der Waals surface area contributed by atoms with Gasteiger partial charge >= 0.3 is 6.18 Å². The fourth-order valence-corrected chi connectivity index (χ4v) is 4.56. The molecule has 8 nitrogen and oxygen atoms in total. The number of morpholine rings is 1. The maximum absolute atomic E-state index is 14.9. The number of carbonyl (C=O) groups excluding carboxylic acids is 1. The molecule has 0 radical (unpaired) electrons. The van der Waals surface area contributed by atoms with Gasteiger partial charge in [0.05, 0.1) is 31.9 Å². The van der Waals surface area contributed by atoms with E-state index in [1.54, 1.807) is 4.57 Å². The molecule has 2 atom stereocenters. The molecule has 1 fully saturated rings.